The molecule has 0 heterocycles. The molecule has 2 nitrogen and oxygen atoms in total. The quantitative estimate of drug-likeness (QED) is 0.781. The Labute approximate surface area is 112 Å². The molecule has 2 aromatic carbocycles. The van der Waals surface area contributed by atoms with Crippen LogP contribution in [-0.4, -0.2) is 12.8 Å². The average Bonchev–Trinajstić information content (AvgIpc) is 2.47. The molecule has 100 valence electrons. The van der Waals surface area contributed by atoms with Crippen molar-refractivity contribution < 1.29 is 13.9 Å². The van der Waals surface area contributed by atoms with Gasteiger partial charge in [0, 0.05) is 0 Å². The van der Waals surface area contributed by atoms with Crippen LogP contribution in [0.5, 0.6) is 11.5 Å². The van der Waals surface area contributed by atoms with Crippen molar-refractivity contribution in [3.8, 4) is 11.5 Å². The maximum atomic E-state index is 12.3. The van der Waals surface area contributed by atoms with Gasteiger partial charge in [0.05, 0.1) is 0 Å². The first kappa shape index (κ1) is 13.4. The molecular weight excluding hydrogens is 243 g/mol. The van der Waals surface area contributed by atoms with E-state index in [0.29, 0.717) is 12.4 Å². The number of hydrogen-bond donors (Lipinski definition) is 0. The molecule has 2 rings (SSSR count). The fourth-order valence-corrected chi connectivity index (χ4v) is 1.62. The predicted octanol–water partition coefficient (Wildman–Crippen LogP) is 4.00. The molecule has 0 aromatic heterocycles. The molecule has 0 saturated carbocycles. The Balaban J connectivity index is 1.88. The third-order valence-corrected chi connectivity index (χ3v) is 2.63. The minimum Gasteiger partial charge on any atom is -0.489 e. The number of rotatable bonds is 6. The van der Waals surface area contributed by atoms with E-state index in [1.165, 1.54) is 0 Å². The Kier molecular flexibility index (Phi) is 4.78. The van der Waals surface area contributed by atoms with Crippen LogP contribution in [0.25, 0.3) is 0 Å². The highest BCUT2D eigenvalue weighted by molar-refractivity contribution is 5.31. The molecule has 0 fully saturated rings. The highest BCUT2D eigenvalue weighted by atomic mass is 19.1. The molecule has 0 bridgehead atoms. The first-order valence-corrected chi connectivity index (χ1v) is 6.27. The molecule has 0 aliphatic rings. The minimum absolute atomic E-state index is 0.420. The van der Waals surface area contributed by atoms with Crippen LogP contribution in [0.3, 0.4) is 0 Å². The summed E-state index contributed by atoms with van der Waals surface area (Å²) in [6.45, 7) is 1.73. The molecular formula is C16H17FO2. The molecule has 0 amide bonds. The van der Waals surface area contributed by atoms with Crippen molar-refractivity contribution in [2.45, 2.75) is 19.6 Å². The van der Waals surface area contributed by atoms with E-state index in [9.17, 15) is 4.39 Å². The summed E-state index contributed by atoms with van der Waals surface area (Å²) in [6, 6.07) is 17.2. The summed E-state index contributed by atoms with van der Waals surface area (Å²) < 4.78 is 23.3. The van der Waals surface area contributed by atoms with E-state index in [2.05, 4.69) is 0 Å². The van der Waals surface area contributed by atoms with Gasteiger partial charge >= 0.3 is 0 Å². The second-order valence-corrected chi connectivity index (χ2v) is 4.33. The standard InChI is InChI=1S/C16H17FO2/c1-13(11-17)19-16-9-7-15(8-10-16)18-12-14-5-3-2-4-6-14/h2-10,13H,11-12H2,1H3. The summed E-state index contributed by atoms with van der Waals surface area (Å²) in [5, 5.41) is 0. The molecule has 0 spiro atoms. The summed E-state index contributed by atoms with van der Waals surface area (Å²) in [5.74, 6) is 1.42. The van der Waals surface area contributed by atoms with E-state index < -0.39 is 12.8 Å². The topological polar surface area (TPSA) is 18.5 Å². The first-order chi connectivity index (χ1) is 9.28. The maximum absolute atomic E-state index is 12.3. The number of benzene rings is 2. The number of halogens is 1. The van der Waals surface area contributed by atoms with Crippen LogP contribution in [-0.2, 0) is 6.61 Å². The minimum atomic E-state index is -0.494. The van der Waals surface area contributed by atoms with Crippen LogP contribution in [0.4, 0.5) is 4.39 Å². The van der Waals surface area contributed by atoms with Crippen molar-refractivity contribution in [3.63, 3.8) is 0 Å². The molecule has 0 aliphatic carbocycles. The SMILES string of the molecule is CC(CF)Oc1ccc(OCc2ccccc2)cc1. The normalized spacial score (nSPS) is 11.9. The molecule has 0 saturated heterocycles. The van der Waals surface area contributed by atoms with Crippen molar-refractivity contribution in [2.24, 2.45) is 0 Å². The third-order valence-electron chi connectivity index (χ3n) is 2.63. The van der Waals surface area contributed by atoms with Gasteiger partial charge in [-0.3, -0.25) is 0 Å². The highest BCUT2D eigenvalue weighted by Crippen LogP contribution is 2.19. The first-order valence-electron chi connectivity index (χ1n) is 6.27. The zero-order valence-electron chi connectivity index (χ0n) is 10.9. The number of alkyl halides is 1. The van der Waals surface area contributed by atoms with Gasteiger partial charge in [0.15, 0.2) is 0 Å². The molecule has 0 N–H and O–H groups in total. The van der Waals surface area contributed by atoms with Gasteiger partial charge in [0.1, 0.15) is 30.9 Å². The summed E-state index contributed by atoms with van der Waals surface area (Å²) in [5.41, 5.74) is 1.12. The van der Waals surface area contributed by atoms with Gasteiger partial charge in [-0.1, -0.05) is 30.3 Å². The monoisotopic (exact) mass is 260 g/mol. The Morgan fingerprint density at radius 3 is 2.21 bits per heavy atom. The Morgan fingerprint density at radius 1 is 0.947 bits per heavy atom. The third kappa shape index (κ3) is 4.28. The van der Waals surface area contributed by atoms with Crippen molar-refractivity contribution in [3.05, 3.63) is 60.2 Å². The molecule has 3 heteroatoms. The summed E-state index contributed by atoms with van der Waals surface area (Å²) in [4.78, 5) is 0. The van der Waals surface area contributed by atoms with E-state index in [4.69, 9.17) is 9.47 Å². The molecule has 1 atom stereocenters. The zero-order chi connectivity index (χ0) is 13.5. The van der Waals surface area contributed by atoms with Crippen LogP contribution >= 0.6 is 0 Å². The summed E-state index contributed by atoms with van der Waals surface area (Å²) >= 11 is 0. The lowest BCUT2D eigenvalue weighted by atomic mass is 10.2. The van der Waals surface area contributed by atoms with Gasteiger partial charge in [-0.2, -0.15) is 0 Å². The second kappa shape index (κ2) is 6.78. The fraction of sp³-hybridized carbons (Fsp3) is 0.250. The number of hydrogen-bond acceptors (Lipinski definition) is 2. The van der Waals surface area contributed by atoms with Crippen LogP contribution < -0.4 is 9.47 Å². The van der Waals surface area contributed by atoms with E-state index in [1.807, 2.05) is 42.5 Å². The van der Waals surface area contributed by atoms with Crippen molar-refractivity contribution in [1.82, 2.24) is 0 Å². The lowest BCUT2D eigenvalue weighted by Gasteiger charge is -2.12. The van der Waals surface area contributed by atoms with Gasteiger partial charge in [-0.25, -0.2) is 4.39 Å². The van der Waals surface area contributed by atoms with Crippen LogP contribution in [0.15, 0.2) is 54.6 Å². The lowest BCUT2D eigenvalue weighted by Crippen LogP contribution is -2.13. The summed E-state index contributed by atoms with van der Waals surface area (Å²) in [7, 11) is 0. The van der Waals surface area contributed by atoms with Crippen molar-refractivity contribution in [2.75, 3.05) is 6.67 Å². The van der Waals surface area contributed by atoms with Crippen molar-refractivity contribution in [1.29, 1.82) is 0 Å². The van der Waals surface area contributed by atoms with E-state index in [-0.39, 0.29) is 0 Å². The molecule has 1 unspecified atom stereocenters. The van der Waals surface area contributed by atoms with Crippen LogP contribution in [0.1, 0.15) is 12.5 Å². The molecule has 2 aromatic rings. The van der Waals surface area contributed by atoms with Crippen molar-refractivity contribution >= 4 is 0 Å². The van der Waals surface area contributed by atoms with Gasteiger partial charge in [-0.15, -0.1) is 0 Å². The van der Waals surface area contributed by atoms with Gasteiger partial charge < -0.3 is 9.47 Å². The predicted molar refractivity (Wildman–Crippen MR) is 73.3 cm³/mol. The molecule has 0 aliphatic heterocycles. The van der Waals surface area contributed by atoms with E-state index in [1.54, 1.807) is 19.1 Å². The Morgan fingerprint density at radius 2 is 1.58 bits per heavy atom. The van der Waals surface area contributed by atoms with E-state index in [0.717, 1.165) is 11.3 Å². The highest BCUT2D eigenvalue weighted by Gasteiger charge is 2.03. The fourth-order valence-electron chi connectivity index (χ4n) is 1.62. The zero-order valence-corrected chi connectivity index (χ0v) is 10.9. The Bertz CT molecular complexity index is 482. The smallest absolute Gasteiger partial charge is 0.126 e. The van der Waals surface area contributed by atoms with E-state index >= 15 is 0 Å². The number of ether oxygens (including phenoxy) is 2. The molecule has 0 radical (unpaired) electrons. The van der Waals surface area contributed by atoms with Gasteiger partial charge in [0.25, 0.3) is 0 Å². The average molecular weight is 260 g/mol. The van der Waals surface area contributed by atoms with Gasteiger partial charge in [-0.05, 0) is 36.8 Å². The van der Waals surface area contributed by atoms with Crippen LogP contribution in [0, 0.1) is 0 Å². The second-order valence-electron chi connectivity index (χ2n) is 4.33. The summed E-state index contributed by atoms with van der Waals surface area (Å²) in [6.07, 6.45) is -0.420. The van der Waals surface area contributed by atoms with Gasteiger partial charge in [0.2, 0.25) is 0 Å². The largest absolute Gasteiger partial charge is 0.489 e. The maximum Gasteiger partial charge on any atom is 0.126 e. The molecule has 19 heavy (non-hydrogen) atoms. The lowest BCUT2D eigenvalue weighted by molar-refractivity contribution is 0.182. The van der Waals surface area contributed by atoms with Crippen LogP contribution in [0.2, 0.25) is 0 Å². The Hall–Kier alpha value is -2.03.